The molecular formula is C12H17N3O2. The summed E-state index contributed by atoms with van der Waals surface area (Å²) >= 11 is 0. The minimum atomic E-state index is -0.714. The first-order valence-corrected chi connectivity index (χ1v) is 5.35. The monoisotopic (exact) mass is 235 g/mol. The Bertz CT molecular complexity index is 443. The molecule has 1 aromatic rings. The minimum Gasteiger partial charge on any atom is -0.352 e. The second kappa shape index (κ2) is 5.34. The molecule has 17 heavy (non-hydrogen) atoms. The second-order valence-electron chi connectivity index (χ2n) is 3.97. The Balaban J connectivity index is 2.74. The van der Waals surface area contributed by atoms with Crippen LogP contribution in [-0.2, 0) is 4.79 Å². The highest BCUT2D eigenvalue weighted by Gasteiger charge is 2.14. The van der Waals surface area contributed by atoms with Gasteiger partial charge in [-0.15, -0.1) is 0 Å². The molecule has 0 aliphatic rings. The summed E-state index contributed by atoms with van der Waals surface area (Å²) in [7, 11) is 0. The van der Waals surface area contributed by atoms with Gasteiger partial charge in [-0.25, -0.2) is 4.79 Å². The maximum Gasteiger partial charge on any atom is 0.312 e. The summed E-state index contributed by atoms with van der Waals surface area (Å²) in [5, 5.41) is 5.07. The summed E-state index contributed by atoms with van der Waals surface area (Å²) in [5.41, 5.74) is 7.79. The molecule has 0 radical (unpaired) electrons. The summed E-state index contributed by atoms with van der Waals surface area (Å²) in [4.78, 5) is 22.3. The third-order valence-corrected chi connectivity index (χ3v) is 2.61. The Morgan fingerprint density at radius 1 is 1.29 bits per heavy atom. The number of anilines is 1. The summed E-state index contributed by atoms with van der Waals surface area (Å²) in [6, 6.07) is 4.28. The van der Waals surface area contributed by atoms with E-state index in [0.29, 0.717) is 0 Å². The Hall–Kier alpha value is -2.04. The van der Waals surface area contributed by atoms with E-state index in [1.54, 1.807) is 6.92 Å². The standard InChI is InChI=1S/C12H17N3O2/c1-7-5-4-6-10(8(7)2)15-11(16)9(3)14-12(13)17/h4-6,9H,1-3H3,(H,15,16)(H3,13,14,17)/t9-/m1/s1. The molecule has 1 aromatic carbocycles. The Labute approximate surface area is 100 Å². The van der Waals surface area contributed by atoms with Crippen LogP contribution in [0.2, 0.25) is 0 Å². The van der Waals surface area contributed by atoms with Crippen molar-refractivity contribution in [1.82, 2.24) is 5.32 Å². The predicted molar refractivity (Wildman–Crippen MR) is 66.7 cm³/mol. The highest BCUT2D eigenvalue weighted by Crippen LogP contribution is 2.17. The number of hydrogen-bond acceptors (Lipinski definition) is 2. The Kier molecular flexibility index (Phi) is 4.09. The second-order valence-corrected chi connectivity index (χ2v) is 3.97. The molecule has 0 unspecified atom stereocenters. The largest absolute Gasteiger partial charge is 0.352 e. The van der Waals surface area contributed by atoms with Crippen molar-refractivity contribution in [2.45, 2.75) is 26.8 Å². The lowest BCUT2D eigenvalue weighted by Gasteiger charge is -2.14. The van der Waals surface area contributed by atoms with E-state index >= 15 is 0 Å². The van der Waals surface area contributed by atoms with E-state index < -0.39 is 12.1 Å². The first kappa shape index (κ1) is 13.0. The lowest BCUT2D eigenvalue weighted by atomic mass is 10.1. The number of rotatable bonds is 3. The fourth-order valence-corrected chi connectivity index (χ4v) is 1.41. The highest BCUT2D eigenvalue weighted by atomic mass is 16.2. The van der Waals surface area contributed by atoms with Gasteiger partial charge in [0.1, 0.15) is 6.04 Å². The molecule has 0 aromatic heterocycles. The van der Waals surface area contributed by atoms with Crippen LogP contribution in [0.25, 0.3) is 0 Å². The quantitative estimate of drug-likeness (QED) is 0.737. The van der Waals surface area contributed by atoms with Crippen LogP contribution < -0.4 is 16.4 Å². The van der Waals surface area contributed by atoms with Gasteiger partial charge in [0.25, 0.3) is 0 Å². The number of carbonyl (C=O) groups excluding carboxylic acids is 2. The van der Waals surface area contributed by atoms with E-state index in [1.807, 2.05) is 32.0 Å². The summed E-state index contributed by atoms with van der Waals surface area (Å²) in [6.45, 7) is 5.47. The normalized spacial score (nSPS) is 11.7. The van der Waals surface area contributed by atoms with Gasteiger partial charge in [-0.3, -0.25) is 4.79 Å². The molecule has 0 saturated heterocycles. The fraction of sp³-hybridized carbons (Fsp3) is 0.333. The van der Waals surface area contributed by atoms with Gasteiger partial charge in [-0.2, -0.15) is 0 Å². The molecule has 5 heteroatoms. The summed E-state index contributed by atoms with van der Waals surface area (Å²) in [6.07, 6.45) is 0. The van der Waals surface area contributed by atoms with Gasteiger partial charge in [0.15, 0.2) is 0 Å². The van der Waals surface area contributed by atoms with Crippen molar-refractivity contribution in [2.24, 2.45) is 5.73 Å². The third kappa shape index (κ3) is 3.48. The van der Waals surface area contributed by atoms with Crippen LogP contribution in [0, 0.1) is 13.8 Å². The van der Waals surface area contributed by atoms with Crippen LogP contribution >= 0.6 is 0 Å². The number of amides is 3. The molecule has 3 amide bonds. The van der Waals surface area contributed by atoms with Crippen LogP contribution in [0.4, 0.5) is 10.5 Å². The zero-order valence-electron chi connectivity index (χ0n) is 10.2. The topological polar surface area (TPSA) is 84.2 Å². The van der Waals surface area contributed by atoms with E-state index in [4.69, 9.17) is 5.73 Å². The minimum absolute atomic E-state index is 0.294. The molecule has 0 saturated carbocycles. The molecule has 0 heterocycles. The van der Waals surface area contributed by atoms with Crippen molar-refractivity contribution < 1.29 is 9.59 Å². The molecule has 0 bridgehead atoms. The first-order valence-electron chi connectivity index (χ1n) is 5.35. The predicted octanol–water partition coefficient (Wildman–Crippen LogP) is 1.30. The van der Waals surface area contributed by atoms with Gasteiger partial charge in [0.2, 0.25) is 5.91 Å². The van der Waals surface area contributed by atoms with Gasteiger partial charge in [0, 0.05) is 5.69 Å². The average molecular weight is 235 g/mol. The first-order chi connectivity index (χ1) is 7.91. The lowest BCUT2D eigenvalue weighted by molar-refractivity contribution is -0.117. The third-order valence-electron chi connectivity index (χ3n) is 2.61. The maximum atomic E-state index is 11.7. The zero-order valence-corrected chi connectivity index (χ0v) is 10.2. The smallest absolute Gasteiger partial charge is 0.312 e. The summed E-state index contributed by atoms with van der Waals surface area (Å²) in [5.74, 6) is -0.294. The van der Waals surface area contributed by atoms with Crippen LogP contribution in [0.15, 0.2) is 18.2 Å². The Morgan fingerprint density at radius 2 is 1.94 bits per heavy atom. The van der Waals surface area contributed by atoms with E-state index in [-0.39, 0.29) is 5.91 Å². The van der Waals surface area contributed by atoms with Gasteiger partial charge in [0.05, 0.1) is 0 Å². The number of nitrogens with one attached hydrogen (secondary N) is 2. The van der Waals surface area contributed by atoms with Crippen LogP contribution in [0.5, 0.6) is 0 Å². The fourth-order valence-electron chi connectivity index (χ4n) is 1.41. The molecule has 92 valence electrons. The molecule has 1 atom stereocenters. The summed E-state index contributed by atoms with van der Waals surface area (Å²) < 4.78 is 0. The van der Waals surface area contributed by atoms with Crippen LogP contribution in [0.3, 0.4) is 0 Å². The van der Waals surface area contributed by atoms with Gasteiger partial charge in [-0.1, -0.05) is 12.1 Å². The van der Waals surface area contributed by atoms with Crippen molar-refractivity contribution in [1.29, 1.82) is 0 Å². The lowest BCUT2D eigenvalue weighted by Crippen LogP contribution is -2.44. The number of urea groups is 1. The van der Waals surface area contributed by atoms with Crippen molar-refractivity contribution in [3.05, 3.63) is 29.3 Å². The zero-order chi connectivity index (χ0) is 13.0. The SMILES string of the molecule is Cc1cccc(NC(=O)[C@@H](C)NC(N)=O)c1C. The van der Waals surface area contributed by atoms with Gasteiger partial charge >= 0.3 is 6.03 Å². The van der Waals surface area contributed by atoms with E-state index in [0.717, 1.165) is 16.8 Å². The highest BCUT2D eigenvalue weighted by molar-refractivity contribution is 5.97. The molecule has 1 rings (SSSR count). The van der Waals surface area contributed by atoms with Gasteiger partial charge < -0.3 is 16.4 Å². The van der Waals surface area contributed by atoms with E-state index in [2.05, 4.69) is 10.6 Å². The molecule has 5 nitrogen and oxygen atoms in total. The van der Waals surface area contributed by atoms with Crippen molar-refractivity contribution in [3.8, 4) is 0 Å². The number of primary amides is 1. The number of hydrogen-bond donors (Lipinski definition) is 3. The average Bonchev–Trinajstić information content (AvgIpc) is 2.23. The number of carbonyl (C=O) groups is 2. The molecule has 0 fully saturated rings. The number of benzene rings is 1. The maximum absolute atomic E-state index is 11.7. The van der Waals surface area contributed by atoms with Crippen LogP contribution in [-0.4, -0.2) is 18.0 Å². The number of nitrogens with two attached hydrogens (primary N) is 1. The van der Waals surface area contributed by atoms with Crippen LogP contribution in [0.1, 0.15) is 18.1 Å². The molecule has 4 N–H and O–H groups in total. The van der Waals surface area contributed by atoms with E-state index in [1.165, 1.54) is 0 Å². The van der Waals surface area contributed by atoms with Crippen molar-refractivity contribution in [2.75, 3.05) is 5.32 Å². The van der Waals surface area contributed by atoms with Crippen molar-refractivity contribution >= 4 is 17.6 Å². The van der Waals surface area contributed by atoms with Crippen molar-refractivity contribution in [3.63, 3.8) is 0 Å². The molecule has 0 aliphatic carbocycles. The molecule has 0 spiro atoms. The molecule has 0 aliphatic heterocycles. The Morgan fingerprint density at radius 3 is 2.53 bits per heavy atom. The van der Waals surface area contributed by atoms with Gasteiger partial charge in [-0.05, 0) is 38.0 Å². The number of aryl methyl sites for hydroxylation is 1. The molecular weight excluding hydrogens is 218 g/mol. The van der Waals surface area contributed by atoms with E-state index in [9.17, 15) is 9.59 Å².